The Morgan fingerprint density at radius 3 is 1.77 bits per heavy atom. The molecule has 0 aliphatic heterocycles. The van der Waals surface area contributed by atoms with Gasteiger partial charge in [0.15, 0.2) is 0 Å². The summed E-state index contributed by atoms with van der Waals surface area (Å²) in [4.78, 5) is 2.37. The molecular formula is C54H42N2. The summed E-state index contributed by atoms with van der Waals surface area (Å²) >= 11 is 0. The SMILES string of the molecule is C/C=C/c1ccc(N(c2ccccc2)c2ccc3c(c2)C(C)(C)c2cc(-c4cccc(-c5ccc6c7ccccc7n(-c7ccccc7)c6c5)c4)ccc2-3)cc1. The molecule has 56 heavy (non-hydrogen) atoms. The first-order valence-electron chi connectivity index (χ1n) is 19.5. The predicted molar refractivity (Wildman–Crippen MR) is 239 cm³/mol. The van der Waals surface area contributed by atoms with Crippen LogP contribution in [-0.4, -0.2) is 4.57 Å². The highest BCUT2D eigenvalue weighted by molar-refractivity contribution is 6.10. The monoisotopic (exact) mass is 718 g/mol. The minimum atomic E-state index is -0.178. The van der Waals surface area contributed by atoms with Gasteiger partial charge in [-0.2, -0.15) is 0 Å². The summed E-state index contributed by atoms with van der Waals surface area (Å²) in [6.45, 7) is 6.81. The van der Waals surface area contributed by atoms with Crippen molar-refractivity contribution in [2.45, 2.75) is 26.2 Å². The number of allylic oxidation sites excluding steroid dienone is 1. The molecule has 0 unspecified atom stereocenters. The summed E-state index contributed by atoms with van der Waals surface area (Å²) in [5.41, 5.74) is 18.3. The van der Waals surface area contributed by atoms with E-state index in [0.29, 0.717) is 0 Å². The van der Waals surface area contributed by atoms with Crippen LogP contribution in [0.15, 0.2) is 194 Å². The van der Waals surface area contributed by atoms with Crippen LogP contribution in [-0.2, 0) is 5.41 Å². The maximum atomic E-state index is 2.43. The minimum Gasteiger partial charge on any atom is -0.310 e. The highest BCUT2D eigenvalue weighted by Gasteiger charge is 2.36. The van der Waals surface area contributed by atoms with E-state index in [9.17, 15) is 0 Å². The van der Waals surface area contributed by atoms with Gasteiger partial charge in [-0.25, -0.2) is 0 Å². The van der Waals surface area contributed by atoms with E-state index in [1.54, 1.807) is 0 Å². The number of fused-ring (bicyclic) bond motifs is 6. The van der Waals surface area contributed by atoms with E-state index in [1.807, 2.05) is 0 Å². The Morgan fingerprint density at radius 1 is 0.446 bits per heavy atom. The van der Waals surface area contributed by atoms with Crippen molar-refractivity contribution in [3.05, 3.63) is 211 Å². The number of rotatable bonds is 7. The smallest absolute Gasteiger partial charge is 0.0547 e. The molecule has 0 bridgehead atoms. The summed E-state index contributed by atoms with van der Waals surface area (Å²) < 4.78 is 2.39. The van der Waals surface area contributed by atoms with E-state index in [2.05, 4.69) is 230 Å². The number of para-hydroxylation sites is 3. The molecule has 1 aliphatic carbocycles. The highest BCUT2D eigenvalue weighted by atomic mass is 15.1. The molecular weight excluding hydrogens is 677 g/mol. The van der Waals surface area contributed by atoms with Crippen molar-refractivity contribution in [1.82, 2.24) is 4.57 Å². The third-order valence-electron chi connectivity index (χ3n) is 11.7. The van der Waals surface area contributed by atoms with Gasteiger partial charge in [-0.3, -0.25) is 0 Å². The molecule has 1 aliphatic rings. The van der Waals surface area contributed by atoms with Crippen LogP contribution in [0.4, 0.5) is 17.1 Å². The lowest BCUT2D eigenvalue weighted by molar-refractivity contribution is 0.660. The Hall–Kier alpha value is -6.90. The Kier molecular flexibility index (Phi) is 8.08. The summed E-state index contributed by atoms with van der Waals surface area (Å²) in [5.74, 6) is 0. The van der Waals surface area contributed by atoms with E-state index in [1.165, 1.54) is 77.6 Å². The van der Waals surface area contributed by atoms with Gasteiger partial charge in [-0.1, -0.05) is 141 Å². The van der Waals surface area contributed by atoms with Gasteiger partial charge in [-0.15, -0.1) is 0 Å². The molecule has 0 atom stereocenters. The van der Waals surface area contributed by atoms with Crippen LogP contribution in [0, 0.1) is 0 Å². The Balaban J connectivity index is 1.02. The molecule has 0 amide bonds. The summed E-state index contributed by atoms with van der Waals surface area (Å²) in [6, 6.07) is 69.0. The predicted octanol–water partition coefficient (Wildman–Crippen LogP) is 14.9. The summed E-state index contributed by atoms with van der Waals surface area (Å²) in [6.07, 6.45) is 4.22. The fourth-order valence-electron chi connectivity index (χ4n) is 8.88. The zero-order valence-electron chi connectivity index (χ0n) is 31.9. The fraction of sp³-hybridized carbons (Fsp3) is 0.0741. The molecule has 0 saturated heterocycles. The van der Waals surface area contributed by atoms with Crippen molar-refractivity contribution in [3.8, 4) is 39.1 Å². The molecule has 0 fully saturated rings. The second-order valence-electron chi connectivity index (χ2n) is 15.4. The molecule has 1 heterocycles. The molecule has 268 valence electrons. The van der Waals surface area contributed by atoms with E-state index < -0.39 is 0 Å². The average Bonchev–Trinajstić information content (AvgIpc) is 3.70. The Labute approximate surface area is 329 Å². The lowest BCUT2D eigenvalue weighted by Gasteiger charge is -2.28. The topological polar surface area (TPSA) is 8.17 Å². The van der Waals surface area contributed by atoms with Crippen LogP contribution in [0.3, 0.4) is 0 Å². The molecule has 8 aromatic carbocycles. The average molecular weight is 719 g/mol. The van der Waals surface area contributed by atoms with Crippen molar-refractivity contribution >= 4 is 44.9 Å². The quantitative estimate of drug-likeness (QED) is 0.159. The molecule has 0 radical (unpaired) electrons. The van der Waals surface area contributed by atoms with Gasteiger partial charge in [0.1, 0.15) is 0 Å². The van der Waals surface area contributed by atoms with Gasteiger partial charge in [0.2, 0.25) is 0 Å². The standard InChI is InChI=1S/C54H42N2/c1-4-14-37-23-27-44(28-24-37)55(42-17-7-5-8-18-42)45-29-32-47-46-30-25-40(34-50(46)54(2,3)51(47)36-45)38-15-13-16-39(33-38)41-26-31-49-48-21-11-12-22-52(48)56(53(49)35-41)43-19-9-6-10-20-43/h4-36H,1-3H3/b14-4+. The second-order valence-corrected chi connectivity index (χ2v) is 15.4. The van der Waals surface area contributed by atoms with Crippen LogP contribution in [0.25, 0.3) is 66.9 Å². The third-order valence-corrected chi connectivity index (χ3v) is 11.7. The first kappa shape index (κ1) is 33.7. The summed E-state index contributed by atoms with van der Waals surface area (Å²) in [7, 11) is 0. The summed E-state index contributed by atoms with van der Waals surface area (Å²) in [5, 5.41) is 2.54. The number of nitrogens with zero attached hydrogens (tertiary/aromatic N) is 2. The van der Waals surface area contributed by atoms with E-state index >= 15 is 0 Å². The van der Waals surface area contributed by atoms with Crippen LogP contribution in [0.1, 0.15) is 37.5 Å². The van der Waals surface area contributed by atoms with Crippen LogP contribution in [0.5, 0.6) is 0 Å². The van der Waals surface area contributed by atoms with Gasteiger partial charge >= 0.3 is 0 Å². The molecule has 1 aromatic heterocycles. The fourth-order valence-corrected chi connectivity index (χ4v) is 8.88. The molecule has 2 heteroatoms. The zero-order chi connectivity index (χ0) is 37.8. The van der Waals surface area contributed by atoms with Gasteiger partial charge in [0, 0.05) is 38.9 Å². The molecule has 2 nitrogen and oxygen atoms in total. The molecule has 0 saturated carbocycles. The maximum Gasteiger partial charge on any atom is 0.0547 e. The van der Waals surface area contributed by atoms with Crippen molar-refractivity contribution in [1.29, 1.82) is 0 Å². The third kappa shape index (κ3) is 5.57. The largest absolute Gasteiger partial charge is 0.310 e. The Morgan fingerprint density at radius 2 is 1.02 bits per heavy atom. The number of benzene rings is 8. The van der Waals surface area contributed by atoms with Crippen molar-refractivity contribution in [2.24, 2.45) is 0 Å². The second kappa shape index (κ2) is 13.4. The van der Waals surface area contributed by atoms with Crippen molar-refractivity contribution in [2.75, 3.05) is 4.90 Å². The molecule has 0 spiro atoms. The minimum absolute atomic E-state index is 0.178. The number of aromatic nitrogens is 1. The van der Waals surface area contributed by atoms with Crippen LogP contribution < -0.4 is 4.90 Å². The van der Waals surface area contributed by atoms with Gasteiger partial charge < -0.3 is 9.47 Å². The Bertz CT molecular complexity index is 2930. The van der Waals surface area contributed by atoms with E-state index in [4.69, 9.17) is 0 Å². The first-order chi connectivity index (χ1) is 27.5. The van der Waals surface area contributed by atoms with Gasteiger partial charge in [0.05, 0.1) is 11.0 Å². The van der Waals surface area contributed by atoms with Gasteiger partial charge in [-0.05, 0) is 130 Å². The first-order valence-corrected chi connectivity index (χ1v) is 19.5. The normalized spacial score (nSPS) is 13.0. The van der Waals surface area contributed by atoms with Gasteiger partial charge in [0.25, 0.3) is 0 Å². The maximum absolute atomic E-state index is 2.43. The lowest BCUT2D eigenvalue weighted by atomic mass is 9.81. The van der Waals surface area contributed by atoms with Crippen LogP contribution >= 0.6 is 0 Å². The van der Waals surface area contributed by atoms with E-state index in [0.717, 1.165) is 17.1 Å². The molecule has 0 N–H and O–H groups in total. The van der Waals surface area contributed by atoms with E-state index in [-0.39, 0.29) is 5.41 Å². The number of anilines is 3. The number of hydrogen-bond acceptors (Lipinski definition) is 1. The molecule has 9 aromatic rings. The van der Waals surface area contributed by atoms with Crippen LogP contribution in [0.2, 0.25) is 0 Å². The lowest BCUT2D eigenvalue weighted by Crippen LogP contribution is -2.16. The number of hydrogen-bond donors (Lipinski definition) is 0. The highest BCUT2D eigenvalue weighted by Crippen LogP contribution is 2.51. The van der Waals surface area contributed by atoms with Crippen molar-refractivity contribution < 1.29 is 0 Å². The zero-order valence-corrected chi connectivity index (χ0v) is 31.9. The van der Waals surface area contributed by atoms with Crippen molar-refractivity contribution in [3.63, 3.8) is 0 Å². The molecule has 10 rings (SSSR count).